The van der Waals surface area contributed by atoms with Crippen LogP contribution in [0.1, 0.15) is 35.3 Å². The summed E-state index contributed by atoms with van der Waals surface area (Å²) >= 11 is 9.68. The zero-order valence-electron chi connectivity index (χ0n) is 18.0. The van der Waals surface area contributed by atoms with Crippen molar-refractivity contribution in [1.29, 1.82) is 0 Å². The zero-order chi connectivity index (χ0) is 22.9. The number of anilines is 1. The van der Waals surface area contributed by atoms with Crippen molar-refractivity contribution in [3.63, 3.8) is 0 Å². The molecule has 0 fully saturated rings. The molecule has 0 bridgehead atoms. The summed E-state index contributed by atoms with van der Waals surface area (Å²) in [5.41, 5.74) is 3.42. The highest BCUT2D eigenvalue weighted by atomic mass is 79.9. The van der Waals surface area contributed by atoms with Crippen LogP contribution < -0.4 is 14.8 Å². The van der Waals surface area contributed by atoms with Gasteiger partial charge in [-0.2, -0.15) is 0 Å². The quantitative estimate of drug-likeness (QED) is 0.297. The minimum absolute atomic E-state index is 0.322. The third-order valence-electron chi connectivity index (χ3n) is 4.53. The third-order valence-corrected chi connectivity index (χ3v) is 5.36. The number of nitrogens with one attached hydrogen (secondary N) is 1. The largest absolute Gasteiger partial charge is 0.490 e. The Labute approximate surface area is 201 Å². The molecule has 0 aliphatic carbocycles. The molecule has 0 unspecified atom stereocenters. The second kappa shape index (κ2) is 11.8. The van der Waals surface area contributed by atoms with Crippen molar-refractivity contribution >= 4 is 39.2 Å². The van der Waals surface area contributed by atoms with Gasteiger partial charge < -0.3 is 19.5 Å². The Balaban J connectivity index is 1.69. The average Bonchev–Trinajstić information content (AvgIpc) is 2.78. The Morgan fingerprint density at radius 1 is 0.969 bits per heavy atom. The van der Waals surface area contributed by atoms with E-state index in [1.807, 2.05) is 55.5 Å². The van der Waals surface area contributed by atoms with Gasteiger partial charge >= 0.3 is 5.97 Å². The average molecular weight is 519 g/mol. The van der Waals surface area contributed by atoms with E-state index in [1.54, 1.807) is 19.1 Å². The highest BCUT2D eigenvalue weighted by Crippen LogP contribution is 2.37. The lowest BCUT2D eigenvalue weighted by Crippen LogP contribution is -2.06. The van der Waals surface area contributed by atoms with Crippen LogP contribution in [0.25, 0.3) is 0 Å². The maximum atomic E-state index is 11.8. The number of rotatable bonds is 10. The van der Waals surface area contributed by atoms with Crippen LogP contribution >= 0.6 is 27.5 Å². The van der Waals surface area contributed by atoms with Gasteiger partial charge in [-0.15, -0.1) is 0 Å². The van der Waals surface area contributed by atoms with Gasteiger partial charge in [-0.1, -0.05) is 23.7 Å². The van der Waals surface area contributed by atoms with Crippen LogP contribution in [0.2, 0.25) is 5.02 Å². The van der Waals surface area contributed by atoms with Gasteiger partial charge in [0.2, 0.25) is 0 Å². The number of hydrogen-bond donors (Lipinski definition) is 1. The van der Waals surface area contributed by atoms with Crippen molar-refractivity contribution in [3.05, 3.63) is 86.8 Å². The van der Waals surface area contributed by atoms with Crippen molar-refractivity contribution < 1.29 is 19.0 Å². The van der Waals surface area contributed by atoms with E-state index in [4.69, 9.17) is 25.8 Å². The van der Waals surface area contributed by atoms with Crippen molar-refractivity contribution in [2.24, 2.45) is 0 Å². The van der Waals surface area contributed by atoms with E-state index in [9.17, 15) is 4.79 Å². The molecule has 3 aromatic carbocycles. The molecular weight excluding hydrogens is 494 g/mol. The summed E-state index contributed by atoms with van der Waals surface area (Å²) in [6, 6.07) is 18.7. The second-order valence-electron chi connectivity index (χ2n) is 6.91. The molecule has 5 nitrogen and oxygen atoms in total. The number of carbonyl (C=O) groups is 1. The Hall–Kier alpha value is -2.70. The van der Waals surface area contributed by atoms with E-state index in [0.717, 1.165) is 21.3 Å². The van der Waals surface area contributed by atoms with Gasteiger partial charge in [-0.3, -0.25) is 0 Å². The van der Waals surface area contributed by atoms with E-state index in [2.05, 4.69) is 21.2 Å². The minimum Gasteiger partial charge on any atom is -0.490 e. The Bertz CT molecular complexity index is 1060. The Morgan fingerprint density at radius 3 is 2.44 bits per heavy atom. The SMILES string of the molecule is CCOC(=O)c1ccc(NCc2cc(Br)c(OCc3cccc(Cl)c3)c(OCC)c2)cc1. The van der Waals surface area contributed by atoms with Gasteiger partial charge in [-0.25, -0.2) is 4.79 Å². The van der Waals surface area contributed by atoms with Crippen molar-refractivity contribution in [3.8, 4) is 11.5 Å². The number of benzene rings is 3. The van der Waals surface area contributed by atoms with E-state index >= 15 is 0 Å². The minimum atomic E-state index is -0.322. The van der Waals surface area contributed by atoms with Crippen LogP contribution in [0.4, 0.5) is 5.69 Å². The molecule has 0 aromatic heterocycles. The summed E-state index contributed by atoms with van der Waals surface area (Å²) in [5, 5.41) is 4.03. The number of esters is 1. The fourth-order valence-corrected chi connectivity index (χ4v) is 3.87. The van der Waals surface area contributed by atoms with Crippen LogP contribution in [-0.2, 0) is 17.9 Å². The first-order valence-electron chi connectivity index (χ1n) is 10.3. The lowest BCUT2D eigenvalue weighted by atomic mass is 10.1. The van der Waals surface area contributed by atoms with Gasteiger partial charge in [0.05, 0.1) is 23.2 Å². The summed E-state index contributed by atoms with van der Waals surface area (Å²) in [4.78, 5) is 11.8. The van der Waals surface area contributed by atoms with Crippen LogP contribution in [0.15, 0.2) is 65.1 Å². The molecule has 0 spiro atoms. The predicted octanol–water partition coefficient (Wildman–Crippen LogP) is 6.87. The summed E-state index contributed by atoms with van der Waals surface area (Å²) < 4.78 is 17.7. The maximum absolute atomic E-state index is 11.8. The molecule has 7 heteroatoms. The molecule has 0 aliphatic rings. The number of ether oxygens (including phenoxy) is 3. The topological polar surface area (TPSA) is 56.8 Å². The number of halogens is 2. The molecule has 0 aliphatic heterocycles. The zero-order valence-corrected chi connectivity index (χ0v) is 20.3. The molecule has 0 saturated carbocycles. The van der Waals surface area contributed by atoms with Crippen LogP contribution in [-0.4, -0.2) is 19.2 Å². The highest BCUT2D eigenvalue weighted by Gasteiger charge is 2.13. The number of hydrogen-bond acceptors (Lipinski definition) is 5. The predicted molar refractivity (Wildman–Crippen MR) is 131 cm³/mol. The summed E-state index contributed by atoms with van der Waals surface area (Å²) in [6.07, 6.45) is 0. The normalized spacial score (nSPS) is 10.5. The van der Waals surface area contributed by atoms with Gasteiger partial charge in [0.1, 0.15) is 6.61 Å². The second-order valence-corrected chi connectivity index (χ2v) is 8.20. The van der Waals surface area contributed by atoms with Gasteiger partial charge in [-0.05, 0) is 89.4 Å². The monoisotopic (exact) mass is 517 g/mol. The lowest BCUT2D eigenvalue weighted by Gasteiger charge is -2.16. The molecule has 0 saturated heterocycles. The maximum Gasteiger partial charge on any atom is 0.338 e. The fraction of sp³-hybridized carbons (Fsp3) is 0.240. The molecule has 1 N–H and O–H groups in total. The van der Waals surface area contributed by atoms with Crippen LogP contribution in [0, 0.1) is 0 Å². The smallest absolute Gasteiger partial charge is 0.338 e. The number of carbonyl (C=O) groups excluding carboxylic acids is 1. The lowest BCUT2D eigenvalue weighted by molar-refractivity contribution is 0.0526. The third kappa shape index (κ3) is 6.65. The van der Waals surface area contributed by atoms with Crippen LogP contribution in [0.5, 0.6) is 11.5 Å². The standard InChI is InChI=1S/C25H25BrClNO4/c1-3-30-23-14-18(15-28-21-10-8-19(9-11-21)25(29)31-4-2)13-22(26)24(23)32-16-17-6-5-7-20(27)12-17/h5-14,28H,3-4,15-16H2,1-2H3. The molecule has 0 atom stereocenters. The molecule has 168 valence electrons. The van der Waals surface area contributed by atoms with E-state index in [0.29, 0.717) is 48.5 Å². The molecule has 3 rings (SSSR count). The Kier molecular flexibility index (Phi) is 8.82. The Morgan fingerprint density at radius 2 is 1.75 bits per heavy atom. The van der Waals surface area contributed by atoms with E-state index in [-0.39, 0.29) is 5.97 Å². The molecule has 3 aromatic rings. The molecule has 0 heterocycles. The van der Waals surface area contributed by atoms with Crippen molar-refractivity contribution in [2.75, 3.05) is 18.5 Å². The molecular formula is C25H25BrClNO4. The summed E-state index contributed by atoms with van der Waals surface area (Å²) in [5.74, 6) is 0.991. The van der Waals surface area contributed by atoms with Gasteiger partial charge in [0.25, 0.3) is 0 Å². The van der Waals surface area contributed by atoms with Gasteiger partial charge in [0.15, 0.2) is 11.5 Å². The highest BCUT2D eigenvalue weighted by molar-refractivity contribution is 9.10. The summed E-state index contributed by atoms with van der Waals surface area (Å²) in [7, 11) is 0. The fourth-order valence-electron chi connectivity index (χ4n) is 3.05. The van der Waals surface area contributed by atoms with E-state index < -0.39 is 0 Å². The molecule has 0 radical (unpaired) electrons. The summed E-state index contributed by atoms with van der Waals surface area (Å²) in [6.45, 7) is 5.55. The molecule has 0 amide bonds. The first-order chi connectivity index (χ1) is 15.5. The molecule has 32 heavy (non-hydrogen) atoms. The first kappa shape index (κ1) is 24.0. The van der Waals surface area contributed by atoms with Crippen LogP contribution in [0.3, 0.4) is 0 Å². The van der Waals surface area contributed by atoms with Crippen molar-refractivity contribution in [2.45, 2.75) is 27.0 Å². The van der Waals surface area contributed by atoms with Gasteiger partial charge in [0, 0.05) is 17.3 Å². The van der Waals surface area contributed by atoms with E-state index in [1.165, 1.54) is 0 Å². The first-order valence-corrected chi connectivity index (χ1v) is 11.5. The van der Waals surface area contributed by atoms with Crippen molar-refractivity contribution in [1.82, 2.24) is 0 Å².